The van der Waals surface area contributed by atoms with Crippen LogP contribution in [0, 0.1) is 3.57 Å². The fourth-order valence-electron chi connectivity index (χ4n) is 2.12. The number of benzene rings is 1. The highest BCUT2D eigenvalue weighted by Crippen LogP contribution is 2.21. The van der Waals surface area contributed by atoms with Crippen molar-refractivity contribution in [1.29, 1.82) is 0 Å². The van der Waals surface area contributed by atoms with Crippen molar-refractivity contribution in [2.24, 2.45) is 0 Å². The van der Waals surface area contributed by atoms with Gasteiger partial charge in [-0.1, -0.05) is 6.07 Å². The summed E-state index contributed by atoms with van der Waals surface area (Å²) in [6.45, 7) is 1.51. The summed E-state index contributed by atoms with van der Waals surface area (Å²) in [7, 11) is 4.04. The first-order valence-corrected chi connectivity index (χ1v) is 8.85. The van der Waals surface area contributed by atoms with Gasteiger partial charge >= 0.3 is 0 Å². The molecule has 0 aliphatic rings. The van der Waals surface area contributed by atoms with E-state index in [0.29, 0.717) is 12.6 Å². The molecule has 2 aromatic heterocycles. The normalized spacial score (nSPS) is 10.9. The van der Waals surface area contributed by atoms with Crippen LogP contribution < -0.4 is 10.1 Å². The average molecular weight is 450 g/mol. The molecular formula is C17H19IN6O. The largest absolute Gasteiger partial charge is 0.492 e. The molecule has 0 spiro atoms. The third kappa shape index (κ3) is 4.89. The van der Waals surface area contributed by atoms with E-state index in [-0.39, 0.29) is 0 Å². The molecule has 0 aliphatic carbocycles. The highest BCUT2D eigenvalue weighted by atomic mass is 127. The number of nitrogens with one attached hydrogen (secondary N) is 1. The second-order valence-electron chi connectivity index (χ2n) is 5.64. The van der Waals surface area contributed by atoms with E-state index in [1.54, 1.807) is 18.7 Å². The summed E-state index contributed by atoms with van der Waals surface area (Å²) in [5.74, 6) is 2.12. The first-order valence-electron chi connectivity index (χ1n) is 7.77. The number of halogens is 1. The summed E-state index contributed by atoms with van der Waals surface area (Å²) in [6.07, 6.45) is 7.07. The number of imidazole rings is 1. The second kappa shape index (κ2) is 8.26. The van der Waals surface area contributed by atoms with Gasteiger partial charge < -0.3 is 15.0 Å². The summed E-state index contributed by atoms with van der Waals surface area (Å²) < 4.78 is 8.56. The Bertz CT molecular complexity index is 822. The van der Waals surface area contributed by atoms with Crippen LogP contribution in [0.4, 0.5) is 11.6 Å². The van der Waals surface area contributed by atoms with Gasteiger partial charge in [-0.15, -0.1) is 0 Å². The van der Waals surface area contributed by atoms with Crippen molar-refractivity contribution in [3.8, 4) is 11.6 Å². The monoisotopic (exact) mass is 450 g/mol. The van der Waals surface area contributed by atoms with Crippen LogP contribution in [0.25, 0.3) is 5.82 Å². The molecule has 8 heteroatoms. The Labute approximate surface area is 160 Å². The van der Waals surface area contributed by atoms with Crippen molar-refractivity contribution in [2.45, 2.75) is 0 Å². The predicted octanol–water partition coefficient (Wildman–Crippen LogP) is 2.95. The van der Waals surface area contributed by atoms with Crippen molar-refractivity contribution in [3.63, 3.8) is 0 Å². The zero-order valence-electron chi connectivity index (χ0n) is 14.1. The lowest BCUT2D eigenvalue weighted by molar-refractivity contribution is 0.261. The van der Waals surface area contributed by atoms with Gasteiger partial charge in [-0.05, 0) is 48.8 Å². The Balaban J connectivity index is 1.73. The third-order valence-electron chi connectivity index (χ3n) is 3.37. The van der Waals surface area contributed by atoms with E-state index in [9.17, 15) is 0 Å². The van der Waals surface area contributed by atoms with Gasteiger partial charge in [-0.25, -0.2) is 9.97 Å². The first kappa shape index (κ1) is 17.6. The maximum Gasteiger partial charge on any atom is 0.229 e. The molecule has 25 heavy (non-hydrogen) atoms. The highest BCUT2D eigenvalue weighted by molar-refractivity contribution is 14.1. The van der Waals surface area contributed by atoms with Crippen molar-refractivity contribution in [3.05, 3.63) is 52.8 Å². The molecule has 1 N–H and O–H groups in total. The van der Waals surface area contributed by atoms with Gasteiger partial charge in [-0.2, -0.15) is 4.98 Å². The van der Waals surface area contributed by atoms with E-state index in [1.165, 1.54) is 0 Å². The van der Waals surface area contributed by atoms with E-state index in [1.807, 2.05) is 49.1 Å². The third-order valence-corrected chi connectivity index (χ3v) is 4.13. The van der Waals surface area contributed by atoms with Gasteiger partial charge in [-0.3, -0.25) is 4.57 Å². The van der Waals surface area contributed by atoms with Gasteiger partial charge in [0.2, 0.25) is 5.95 Å². The molecule has 0 saturated carbocycles. The number of hydrogen-bond acceptors (Lipinski definition) is 6. The van der Waals surface area contributed by atoms with Crippen molar-refractivity contribution < 1.29 is 4.74 Å². The number of likely N-dealkylation sites (N-methyl/N-ethyl adjacent to an activating group) is 1. The molecular weight excluding hydrogens is 431 g/mol. The van der Waals surface area contributed by atoms with Crippen molar-refractivity contribution in [1.82, 2.24) is 24.4 Å². The first-order chi connectivity index (χ1) is 12.1. The Morgan fingerprint density at radius 3 is 2.96 bits per heavy atom. The fraction of sp³-hybridized carbons (Fsp3) is 0.235. The molecule has 0 saturated heterocycles. The van der Waals surface area contributed by atoms with Crippen LogP contribution in [0.15, 0.2) is 49.2 Å². The molecule has 0 unspecified atom stereocenters. The number of anilines is 2. The summed E-state index contributed by atoms with van der Waals surface area (Å²) in [4.78, 5) is 15.1. The lowest BCUT2D eigenvalue weighted by Gasteiger charge is -2.12. The van der Waals surface area contributed by atoms with Gasteiger partial charge in [0.15, 0.2) is 5.82 Å². The van der Waals surface area contributed by atoms with E-state index in [0.717, 1.165) is 27.4 Å². The lowest BCUT2D eigenvalue weighted by Crippen LogP contribution is -2.19. The zero-order valence-corrected chi connectivity index (χ0v) is 16.2. The molecule has 0 amide bonds. The van der Waals surface area contributed by atoms with Gasteiger partial charge in [0.25, 0.3) is 0 Å². The number of ether oxygens (including phenoxy) is 1. The van der Waals surface area contributed by atoms with Crippen molar-refractivity contribution in [2.75, 3.05) is 32.6 Å². The number of aromatic nitrogens is 4. The summed E-state index contributed by atoms with van der Waals surface area (Å²) in [5.41, 5.74) is 0.875. The van der Waals surface area contributed by atoms with Crippen LogP contribution in [-0.4, -0.2) is 51.7 Å². The standard InChI is InChI=1S/C17H19IN6O/c1-23(2)8-9-25-14-5-3-4-13(10-14)21-17-20-11-15(18)16(22-17)24-7-6-19-12-24/h3-7,10-12H,8-9H2,1-2H3,(H,20,21,22). The number of rotatable bonds is 7. The predicted molar refractivity (Wildman–Crippen MR) is 106 cm³/mol. The number of nitrogens with zero attached hydrogens (tertiary/aromatic N) is 5. The van der Waals surface area contributed by atoms with E-state index in [2.05, 4.69) is 47.8 Å². The minimum Gasteiger partial charge on any atom is -0.492 e. The van der Waals surface area contributed by atoms with Crippen LogP contribution in [0.1, 0.15) is 0 Å². The van der Waals surface area contributed by atoms with Crippen molar-refractivity contribution >= 4 is 34.2 Å². The molecule has 3 rings (SSSR count). The summed E-state index contributed by atoms with van der Waals surface area (Å²) in [5, 5.41) is 3.22. The number of hydrogen-bond donors (Lipinski definition) is 1. The minimum atomic E-state index is 0.523. The van der Waals surface area contributed by atoms with Crippen LogP contribution in [0.2, 0.25) is 0 Å². The van der Waals surface area contributed by atoms with Crippen LogP contribution >= 0.6 is 22.6 Å². The van der Waals surface area contributed by atoms with Crippen LogP contribution in [0.3, 0.4) is 0 Å². The molecule has 2 heterocycles. The topological polar surface area (TPSA) is 68.1 Å². The Kier molecular flexibility index (Phi) is 5.82. The molecule has 130 valence electrons. The van der Waals surface area contributed by atoms with Gasteiger partial charge in [0.05, 0.1) is 3.57 Å². The van der Waals surface area contributed by atoms with Gasteiger partial charge in [0, 0.05) is 36.9 Å². The maximum atomic E-state index is 5.76. The minimum absolute atomic E-state index is 0.523. The molecule has 7 nitrogen and oxygen atoms in total. The zero-order chi connectivity index (χ0) is 17.6. The van der Waals surface area contributed by atoms with Crippen LogP contribution in [-0.2, 0) is 0 Å². The summed E-state index contributed by atoms with van der Waals surface area (Å²) >= 11 is 2.21. The Morgan fingerprint density at radius 2 is 2.20 bits per heavy atom. The van der Waals surface area contributed by atoms with Gasteiger partial charge in [0.1, 0.15) is 18.7 Å². The van der Waals surface area contributed by atoms with E-state index in [4.69, 9.17) is 4.74 Å². The smallest absolute Gasteiger partial charge is 0.229 e. The molecule has 0 fully saturated rings. The Morgan fingerprint density at radius 1 is 1.32 bits per heavy atom. The SMILES string of the molecule is CN(C)CCOc1cccc(Nc2ncc(I)c(-n3ccnc3)n2)c1. The molecule has 0 atom stereocenters. The fourth-order valence-corrected chi connectivity index (χ4v) is 2.66. The maximum absolute atomic E-state index is 5.76. The summed E-state index contributed by atoms with van der Waals surface area (Å²) in [6, 6.07) is 7.77. The second-order valence-corrected chi connectivity index (χ2v) is 6.80. The van der Waals surface area contributed by atoms with E-state index >= 15 is 0 Å². The molecule has 0 radical (unpaired) electrons. The van der Waals surface area contributed by atoms with E-state index < -0.39 is 0 Å². The highest BCUT2D eigenvalue weighted by Gasteiger charge is 2.07. The molecule has 3 aromatic rings. The van der Waals surface area contributed by atoms with Crippen LogP contribution in [0.5, 0.6) is 5.75 Å². The molecule has 1 aromatic carbocycles. The average Bonchev–Trinajstić information content (AvgIpc) is 3.11. The lowest BCUT2D eigenvalue weighted by atomic mass is 10.3. The molecule has 0 bridgehead atoms. The molecule has 0 aliphatic heterocycles. The Hall–Kier alpha value is -2.20. The quantitative estimate of drug-likeness (QED) is 0.559.